The molecule has 1 unspecified atom stereocenters. The van der Waals surface area contributed by atoms with Crippen LogP contribution in [-0.4, -0.2) is 23.5 Å². The number of nitrogens with one attached hydrogen (secondary N) is 1. The van der Waals surface area contributed by atoms with Crippen LogP contribution in [0.25, 0.3) is 0 Å². The summed E-state index contributed by atoms with van der Waals surface area (Å²) < 4.78 is 0. The van der Waals surface area contributed by atoms with E-state index < -0.39 is 0 Å². The van der Waals surface area contributed by atoms with Crippen molar-refractivity contribution in [3.8, 4) is 11.8 Å². The van der Waals surface area contributed by atoms with Gasteiger partial charge in [0.25, 0.3) is 5.91 Å². The zero-order valence-electron chi connectivity index (χ0n) is 10.4. The Bertz CT molecular complexity index is 497. The molecule has 1 atom stereocenters. The normalized spacial score (nSPS) is 15.4. The Kier molecular flexibility index (Phi) is 3.96. The van der Waals surface area contributed by atoms with E-state index >= 15 is 0 Å². The van der Waals surface area contributed by atoms with Crippen molar-refractivity contribution in [3.63, 3.8) is 0 Å². The minimum Gasteiger partial charge on any atom is -0.349 e. The van der Waals surface area contributed by atoms with E-state index in [9.17, 15) is 4.79 Å². The van der Waals surface area contributed by atoms with Gasteiger partial charge >= 0.3 is 0 Å². The first-order valence-corrected chi connectivity index (χ1v) is 6.15. The fourth-order valence-electron chi connectivity index (χ4n) is 1.79. The van der Waals surface area contributed by atoms with Gasteiger partial charge < -0.3 is 11.1 Å². The highest BCUT2D eigenvalue weighted by Crippen LogP contribution is 2.32. The lowest BCUT2D eigenvalue weighted by Gasteiger charge is -2.12. The van der Waals surface area contributed by atoms with Crippen LogP contribution in [0.2, 0.25) is 0 Å². The van der Waals surface area contributed by atoms with Gasteiger partial charge in [-0.25, -0.2) is 0 Å². The van der Waals surface area contributed by atoms with Crippen LogP contribution >= 0.6 is 0 Å². The molecule has 1 aromatic heterocycles. The van der Waals surface area contributed by atoms with Gasteiger partial charge in [0.1, 0.15) is 0 Å². The molecule has 1 fully saturated rings. The number of carbonyl (C=O) groups excluding carboxylic acids is 1. The van der Waals surface area contributed by atoms with Gasteiger partial charge in [-0.2, -0.15) is 0 Å². The zero-order chi connectivity index (χ0) is 13.0. The molecule has 4 nitrogen and oxygen atoms in total. The minimum absolute atomic E-state index is 0.0849. The number of amides is 1. The molecule has 0 radical (unpaired) electrons. The van der Waals surface area contributed by atoms with E-state index in [0.29, 0.717) is 23.6 Å². The minimum atomic E-state index is -0.0849. The number of nitrogens with zero attached hydrogens (tertiary/aromatic N) is 1. The van der Waals surface area contributed by atoms with Crippen LogP contribution in [0.3, 0.4) is 0 Å². The Morgan fingerprint density at radius 3 is 3.06 bits per heavy atom. The first-order chi connectivity index (χ1) is 8.70. The molecule has 1 aliphatic rings. The second-order valence-electron chi connectivity index (χ2n) is 4.57. The summed E-state index contributed by atoms with van der Waals surface area (Å²) >= 11 is 0. The van der Waals surface area contributed by atoms with E-state index in [1.165, 1.54) is 12.8 Å². The maximum atomic E-state index is 12.0. The summed E-state index contributed by atoms with van der Waals surface area (Å²) in [6.07, 6.45) is 5.61. The second kappa shape index (κ2) is 5.65. The van der Waals surface area contributed by atoms with Crippen molar-refractivity contribution >= 4 is 5.91 Å². The third kappa shape index (κ3) is 3.31. The van der Waals surface area contributed by atoms with Crippen molar-refractivity contribution in [1.82, 2.24) is 10.3 Å². The summed E-state index contributed by atoms with van der Waals surface area (Å²) in [6, 6.07) is 1.97. The molecule has 1 amide bonds. The van der Waals surface area contributed by atoms with E-state index in [0.717, 1.165) is 0 Å². The summed E-state index contributed by atoms with van der Waals surface area (Å²) in [5, 5.41) is 2.99. The molecular formula is C14H17N3O. The van der Waals surface area contributed by atoms with Crippen LogP contribution in [0.5, 0.6) is 0 Å². The van der Waals surface area contributed by atoms with Gasteiger partial charge in [-0.3, -0.25) is 9.78 Å². The molecule has 0 aliphatic heterocycles. The fourth-order valence-corrected chi connectivity index (χ4v) is 1.79. The van der Waals surface area contributed by atoms with Crippen LogP contribution in [0.15, 0.2) is 18.5 Å². The number of pyridine rings is 1. The molecule has 0 spiro atoms. The lowest BCUT2D eigenvalue weighted by molar-refractivity contribution is 0.0935. The van der Waals surface area contributed by atoms with Crippen molar-refractivity contribution in [3.05, 3.63) is 29.6 Å². The highest BCUT2D eigenvalue weighted by Gasteiger charge is 2.29. The molecule has 2 rings (SSSR count). The molecular weight excluding hydrogens is 226 g/mol. The molecule has 94 valence electrons. The maximum absolute atomic E-state index is 12.0. The molecule has 1 aromatic rings. The topological polar surface area (TPSA) is 68.0 Å². The average Bonchev–Trinajstić information content (AvgIpc) is 3.21. The van der Waals surface area contributed by atoms with Crippen molar-refractivity contribution in [1.29, 1.82) is 0 Å². The van der Waals surface area contributed by atoms with E-state index in [2.05, 4.69) is 22.1 Å². The number of nitrogens with two attached hydrogens (primary N) is 1. The van der Waals surface area contributed by atoms with Crippen LogP contribution in [0.4, 0.5) is 0 Å². The van der Waals surface area contributed by atoms with Gasteiger partial charge in [0.05, 0.1) is 12.1 Å². The molecule has 3 N–H and O–H groups in total. The fraction of sp³-hybridized carbons (Fsp3) is 0.429. The molecule has 18 heavy (non-hydrogen) atoms. The predicted molar refractivity (Wildman–Crippen MR) is 69.8 cm³/mol. The summed E-state index contributed by atoms with van der Waals surface area (Å²) in [5.74, 6) is 6.17. The smallest absolute Gasteiger partial charge is 0.253 e. The Balaban J connectivity index is 2.04. The molecule has 1 heterocycles. The van der Waals surface area contributed by atoms with Crippen LogP contribution < -0.4 is 11.1 Å². The summed E-state index contributed by atoms with van der Waals surface area (Å²) in [6.45, 7) is 2.34. The lowest BCUT2D eigenvalue weighted by Crippen LogP contribution is -2.34. The van der Waals surface area contributed by atoms with Crippen LogP contribution in [0.1, 0.15) is 35.7 Å². The standard InChI is InChI=1S/C14H17N3O/c1-10(12-4-5-12)17-14(18)13-7-11(3-2-6-15)8-16-9-13/h7-10,12H,4-6,15H2,1H3,(H,17,18). The number of rotatable bonds is 3. The van der Waals surface area contributed by atoms with Crippen LogP contribution in [0, 0.1) is 17.8 Å². The summed E-state index contributed by atoms with van der Waals surface area (Å²) in [5.41, 5.74) is 6.57. The highest BCUT2D eigenvalue weighted by molar-refractivity contribution is 5.94. The zero-order valence-corrected chi connectivity index (χ0v) is 10.4. The van der Waals surface area contributed by atoms with Gasteiger partial charge in [0, 0.05) is 24.0 Å². The van der Waals surface area contributed by atoms with Gasteiger partial charge in [0.15, 0.2) is 0 Å². The summed E-state index contributed by atoms with van der Waals surface area (Å²) in [4.78, 5) is 16.0. The van der Waals surface area contributed by atoms with E-state index in [1.807, 2.05) is 6.92 Å². The van der Waals surface area contributed by atoms with E-state index in [-0.39, 0.29) is 11.9 Å². The van der Waals surface area contributed by atoms with Gasteiger partial charge in [-0.05, 0) is 31.7 Å². The third-order valence-electron chi connectivity index (χ3n) is 3.02. The van der Waals surface area contributed by atoms with Crippen molar-refractivity contribution in [2.24, 2.45) is 11.7 Å². The molecule has 1 aliphatic carbocycles. The first-order valence-electron chi connectivity index (χ1n) is 6.15. The van der Waals surface area contributed by atoms with Crippen molar-refractivity contribution in [2.75, 3.05) is 6.54 Å². The SMILES string of the molecule is CC(NC(=O)c1cncc(C#CCN)c1)C1CC1. The molecule has 0 saturated heterocycles. The highest BCUT2D eigenvalue weighted by atomic mass is 16.1. The van der Waals surface area contributed by atoms with Gasteiger partial charge in [-0.15, -0.1) is 0 Å². The lowest BCUT2D eigenvalue weighted by atomic mass is 10.1. The Morgan fingerprint density at radius 2 is 2.39 bits per heavy atom. The van der Waals surface area contributed by atoms with Crippen LogP contribution in [-0.2, 0) is 0 Å². The molecule has 0 bridgehead atoms. The number of aromatic nitrogens is 1. The third-order valence-corrected chi connectivity index (χ3v) is 3.02. The summed E-state index contributed by atoms with van der Waals surface area (Å²) in [7, 11) is 0. The Hall–Kier alpha value is -1.86. The van der Waals surface area contributed by atoms with Gasteiger partial charge in [0.2, 0.25) is 0 Å². The molecule has 1 saturated carbocycles. The van der Waals surface area contributed by atoms with Crippen molar-refractivity contribution in [2.45, 2.75) is 25.8 Å². The second-order valence-corrected chi connectivity index (χ2v) is 4.57. The monoisotopic (exact) mass is 243 g/mol. The van der Waals surface area contributed by atoms with E-state index in [4.69, 9.17) is 5.73 Å². The quantitative estimate of drug-likeness (QED) is 0.776. The van der Waals surface area contributed by atoms with E-state index in [1.54, 1.807) is 18.5 Å². The number of carbonyl (C=O) groups is 1. The largest absolute Gasteiger partial charge is 0.349 e. The maximum Gasteiger partial charge on any atom is 0.253 e. The molecule has 4 heteroatoms. The predicted octanol–water partition coefficient (Wildman–Crippen LogP) is 0.920. The average molecular weight is 243 g/mol. The Labute approximate surface area is 107 Å². The molecule has 0 aromatic carbocycles. The number of hydrogen-bond donors (Lipinski definition) is 2. The number of hydrogen-bond acceptors (Lipinski definition) is 3. The van der Waals surface area contributed by atoms with Gasteiger partial charge in [-0.1, -0.05) is 11.8 Å². The van der Waals surface area contributed by atoms with Crippen molar-refractivity contribution < 1.29 is 4.79 Å². The Morgan fingerprint density at radius 1 is 1.61 bits per heavy atom. The first kappa shape index (κ1) is 12.6.